The maximum absolute atomic E-state index is 5.26. The van der Waals surface area contributed by atoms with Gasteiger partial charge < -0.3 is 0 Å². The van der Waals surface area contributed by atoms with Gasteiger partial charge in [-0.3, -0.25) is 0 Å². The second-order valence-corrected chi connectivity index (χ2v) is 15.3. The van der Waals surface area contributed by atoms with Crippen LogP contribution in [0.15, 0.2) is 231 Å². The maximum Gasteiger partial charge on any atom is 0.160 e. The number of nitrogens with zero attached hydrogens (tertiary/aromatic N) is 2. The molecule has 0 radical (unpaired) electrons. The van der Waals surface area contributed by atoms with E-state index in [9.17, 15) is 0 Å². The minimum absolute atomic E-state index is 0.491. The van der Waals surface area contributed by atoms with E-state index < -0.39 is 5.41 Å². The second kappa shape index (κ2) is 14.4. The van der Waals surface area contributed by atoms with E-state index in [1.54, 1.807) is 0 Å². The van der Waals surface area contributed by atoms with Crippen molar-refractivity contribution in [1.82, 2.24) is 9.97 Å². The van der Waals surface area contributed by atoms with Crippen LogP contribution in [0, 0.1) is 0 Å². The van der Waals surface area contributed by atoms with Crippen LogP contribution < -0.4 is 0 Å². The Hall–Kier alpha value is -7.68. The number of rotatable bonds is 7. The number of aromatic nitrogens is 2. The molecule has 59 heavy (non-hydrogen) atoms. The van der Waals surface area contributed by atoms with Crippen molar-refractivity contribution in [2.45, 2.75) is 5.41 Å². The number of benzene rings is 9. The second-order valence-electron chi connectivity index (χ2n) is 15.3. The fraction of sp³-hybridized carbons (Fsp3) is 0.0175. The van der Waals surface area contributed by atoms with Gasteiger partial charge in [0.25, 0.3) is 0 Å². The van der Waals surface area contributed by atoms with Gasteiger partial charge in [0.2, 0.25) is 0 Å². The molecule has 2 nitrogen and oxygen atoms in total. The summed E-state index contributed by atoms with van der Waals surface area (Å²) >= 11 is 0. The van der Waals surface area contributed by atoms with Crippen LogP contribution in [0.4, 0.5) is 0 Å². The lowest BCUT2D eigenvalue weighted by Crippen LogP contribution is -2.29. The summed E-state index contributed by atoms with van der Waals surface area (Å²) in [6.07, 6.45) is 0. The van der Waals surface area contributed by atoms with Gasteiger partial charge in [-0.15, -0.1) is 0 Å². The highest BCUT2D eigenvalue weighted by Crippen LogP contribution is 2.57. The SMILES string of the molecule is c1ccc(-c2ccc(-c3nc(-c4cccc(-c5cccc(-c6ccccc6C6(c7ccccc7)c7ccccc7-c7ccccc76)c5)c4)c4ccccc4n3)cc2)cc1. The molecule has 0 fully saturated rings. The molecule has 9 aromatic carbocycles. The topological polar surface area (TPSA) is 25.8 Å². The van der Waals surface area contributed by atoms with Crippen molar-refractivity contribution in [3.63, 3.8) is 0 Å². The van der Waals surface area contributed by atoms with Crippen LogP contribution in [0.25, 0.3) is 78.1 Å². The lowest BCUT2D eigenvalue weighted by Gasteiger charge is -2.35. The Morgan fingerprint density at radius 2 is 0.746 bits per heavy atom. The van der Waals surface area contributed by atoms with Gasteiger partial charge in [-0.25, -0.2) is 9.97 Å². The summed E-state index contributed by atoms with van der Waals surface area (Å²) in [6, 6.07) is 83.1. The van der Waals surface area contributed by atoms with Crippen LogP contribution in [-0.4, -0.2) is 9.97 Å². The zero-order valence-corrected chi connectivity index (χ0v) is 32.3. The molecule has 0 aliphatic heterocycles. The summed E-state index contributed by atoms with van der Waals surface area (Å²) in [4.78, 5) is 10.3. The predicted molar refractivity (Wildman–Crippen MR) is 244 cm³/mol. The highest BCUT2D eigenvalue weighted by Gasteiger charge is 2.46. The van der Waals surface area contributed by atoms with E-state index in [1.807, 2.05) is 12.1 Å². The Morgan fingerprint density at radius 3 is 1.42 bits per heavy atom. The Balaban J connectivity index is 1.02. The molecule has 0 atom stereocenters. The van der Waals surface area contributed by atoms with E-state index >= 15 is 0 Å². The first kappa shape index (κ1) is 34.6. The molecule has 0 saturated carbocycles. The lowest BCUT2D eigenvalue weighted by molar-refractivity contribution is 0.770. The molecule has 1 aliphatic carbocycles. The van der Waals surface area contributed by atoms with Gasteiger partial charge in [-0.1, -0.05) is 212 Å². The zero-order valence-electron chi connectivity index (χ0n) is 32.3. The first-order chi connectivity index (χ1) is 29.3. The van der Waals surface area contributed by atoms with E-state index in [1.165, 1.54) is 55.6 Å². The molecule has 11 rings (SSSR count). The molecule has 0 unspecified atom stereocenters. The van der Waals surface area contributed by atoms with Crippen LogP contribution >= 0.6 is 0 Å². The average Bonchev–Trinajstić information content (AvgIpc) is 3.63. The molecule has 10 aromatic rings. The molecule has 276 valence electrons. The molecule has 0 N–H and O–H groups in total. The molecule has 1 aromatic heterocycles. The molecule has 0 amide bonds. The fourth-order valence-electron chi connectivity index (χ4n) is 9.32. The van der Waals surface area contributed by atoms with Crippen molar-refractivity contribution in [1.29, 1.82) is 0 Å². The van der Waals surface area contributed by atoms with Gasteiger partial charge in [-0.2, -0.15) is 0 Å². The van der Waals surface area contributed by atoms with Gasteiger partial charge in [-0.05, 0) is 85.0 Å². The molecule has 0 bridgehead atoms. The predicted octanol–water partition coefficient (Wildman–Crippen LogP) is 14.3. The standard InChI is InChI=1S/C57H38N2/c1-3-17-39(18-4-1)40-33-35-41(36-34-40)56-58-54-32-14-10-28-50(54)55(59-56)45-22-16-20-43(38-45)42-19-15-21-44(37-42)47-25-7-11-29-51(47)57(46-23-5-2-6-24-46)52-30-12-8-26-48(52)49-27-9-13-31-53(49)57/h1-38H. The minimum atomic E-state index is -0.491. The first-order valence-corrected chi connectivity index (χ1v) is 20.2. The average molecular weight is 751 g/mol. The highest BCUT2D eigenvalue weighted by molar-refractivity contribution is 5.95. The number of hydrogen-bond donors (Lipinski definition) is 0. The molecular formula is C57H38N2. The van der Waals surface area contributed by atoms with Crippen molar-refractivity contribution in [2.24, 2.45) is 0 Å². The minimum Gasteiger partial charge on any atom is -0.228 e. The van der Waals surface area contributed by atoms with Crippen LogP contribution in [0.1, 0.15) is 22.3 Å². The Bertz CT molecular complexity index is 3100. The summed E-state index contributed by atoms with van der Waals surface area (Å²) < 4.78 is 0. The number of hydrogen-bond acceptors (Lipinski definition) is 2. The van der Waals surface area contributed by atoms with Crippen molar-refractivity contribution in [3.8, 4) is 67.2 Å². The zero-order chi connectivity index (χ0) is 39.2. The monoisotopic (exact) mass is 750 g/mol. The van der Waals surface area contributed by atoms with Crippen LogP contribution in [0.2, 0.25) is 0 Å². The van der Waals surface area contributed by atoms with E-state index in [4.69, 9.17) is 9.97 Å². The van der Waals surface area contributed by atoms with Gasteiger partial charge in [0.1, 0.15) is 0 Å². The molecule has 0 saturated heterocycles. The molecular weight excluding hydrogens is 713 g/mol. The van der Waals surface area contributed by atoms with E-state index in [2.05, 4.69) is 218 Å². The van der Waals surface area contributed by atoms with Crippen molar-refractivity contribution < 1.29 is 0 Å². The molecule has 1 aliphatic rings. The van der Waals surface area contributed by atoms with Crippen LogP contribution in [0.3, 0.4) is 0 Å². The van der Waals surface area contributed by atoms with Crippen LogP contribution in [-0.2, 0) is 5.41 Å². The third-order valence-electron chi connectivity index (χ3n) is 12.0. The van der Waals surface area contributed by atoms with Crippen molar-refractivity contribution >= 4 is 10.9 Å². The van der Waals surface area contributed by atoms with Gasteiger partial charge >= 0.3 is 0 Å². The first-order valence-electron chi connectivity index (χ1n) is 20.2. The van der Waals surface area contributed by atoms with Gasteiger partial charge in [0.05, 0.1) is 16.6 Å². The van der Waals surface area contributed by atoms with E-state index in [0.29, 0.717) is 5.82 Å². The van der Waals surface area contributed by atoms with E-state index in [-0.39, 0.29) is 0 Å². The molecule has 2 heteroatoms. The number of para-hydroxylation sites is 1. The number of fused-ring (bicyclic) bond motifs is 4. The van der Waals surface area contributed by atoms with Crippen LogP contribution in [0.5, 0.6) is 0 Å². The Kier molecular flexibility index (Phi) is 8.41. The summed E-state index contributed by atoms with van der Waals surface area (Å²) in [5, 5.41) is 1.03. The third kappa shape index (κ3) is 5.80. The fourth-order valence-corrected chi connectivity index (χ4v) is 9.32. The smallest absolute Gasteiger partial charge is 0.160 e. The molecule has 1 heterocycles. The van der Waals surface area contributed by atoms with E-state index in [0.717, 1.165) is 38.9 Å². The largest absolute Gasteiger partial charge is 0.228 e. The van der Waals surface area contributed by atoms with Gasteiger partial charge in [0.15, 0.2) is 5.82 Å². The Morgan fingerprint density at radius 1 is 0.288 bits per heavy atom. The summed E-state index contributed by atoms with van der Waals surface area (Å²) in [6.45, 7) is 0. The summed E-state index contributed by atoms with van der Waals surface area (Å²) in [5.74, 6) is 0.713. The lowest BCUT2D eigenvalue weighted by atomic mass is 9.66. The normalized spacial score (nSPS) is 12.5. The van der Waals surface area contributed by atoms with Crippen molar-refractivity contribution in [2.75, 3.05) is 0 Å². The molecule has 0 spiro atoms. The third-order valence-corrected chi connectivity index (χ3v) is 12.0. The Labute approximate surface area is 344 Å². The highest BCUT2D eigenvalue weighted by atomic mass is 14.9. The quantitative estimate of drug-likeness (QED) is 0.162. The summed E-state index contributed by atoms with van der Waals surface area (Å²) in [7, 11) is 0. The summed E-state index contributed by atoms with van der Waals surface area (Å²) in [5.41, 5.74) is 18.1. The van der Waals surface area contributed by atoms with Crippen molar-refractivity contribution in [3.05, 3.63) is 253 Å². The maximum atomic E-state index is 5.26. The van der Waals surface area contributed by atoms with Gasteiger partial charge in [0, 0.05) is 16.5 Å².